The predicted octanol–water partition coefficient (Wildman–Crippen LogP) is 3.24. The molecule has 2 aromatic rings. The molecule has 0 atom stereocenters. The Morgan fingerprint density at radius 3 is 2.76 bits per heavy atom. The average molecular weight is 251 g/mol. The molecule has 1 heterocycles. The Balaban J connectivity index is 2.08. The van der Waals surface area contributed by atoms with E-state index in [1.165, 1.54) is 6.07 Å². The molecule has 2 rings (SSSR count). The number of nitrogens with two attached hydrogens (primary N) is 1. The number of rotatable bonds is 3. The molecule has 0 unspecified atom stereocenters. The first-order chi connectivity index (χ1) is 8.16. The zero-order valence-corrected chi connectivity index (χ0v) is 9.91. The molecule has 17 heavy (non-hydrogen) atoms. The lowest BCUT2D eigenvalue weighted by atomic mass is 10.0. The van der Waals surface area contributed by atoms with Gasteiger partial charge in [0.05, 0.1) is 5.02 Å². The third-order valence-electron chi connectivity index (χ3n) is 2.61. The lowest BCUT2D eigenvalue weighted by Gasteiger charge is -2.05. The van der Waals surface area contributed by atoms with Crippen LogP contribution in [0.15, 0.2) is 36.7 Å². The van der Waals surface area contributed by atoms with E-state index in [-0.39, 0.29) is 5.02 Å². The van der Waals surface area contributed by atoms with Crippen molar-refractivity contribution in [2.45, 2.75) is 12.8 Å². The molecule has 0 aliphatic carbocycles. The summed E-state index contributed by atoms with van der Waals surface area (Å²) < 4.78 is 13.0. The van der Waals surface area contributed by atoms with Crippen LogP contribution in [0.3, 0.4) is 0 Å². The number of hydrogen-bond acceptors (Lipinski definition) is 2. The molecule has 2 N–H and O–H groups in total. The molecule has 4 heteroatoms. The minimum Gasteiger partial charge on any atom is -0.398 e. The predicted molar refractivity (Wildman–Crippen MR) is 67.5 cm³/mol. The third-order valence-corrected chi connectivity index (χ3v) is 2.90. The normalized spacial score (nSPS) is 10.5. The van der Waals surface area contributed by atoms with Crippen LogP contribution in [0, 0.1) is 5.82 Å². The Hall–Kier alpha value is -1.61. The van der Waals surface area contributed by atoms with Crippen LogP contribution in [0.5, 0.6) is 0 Å². The first-order valence-corrected chi connectivity index (χ1v) is 5.67. The van der Waals surface area contributed by atoms with E-state index in [4.69, 9.17) is 17.3 Å². The molecule has 2 nitrogen and oxygen atoms in total. The van der Waals surface area contributed by atoms with E-state index in [0.717, 1.165) is 29.7 Å². The van der Waals surface area contributed by atoms with Crippen LogP contribution >= 0.6 is 11.6 Å². The highest BCUT2D eigenvalue weighted by Crippen LogP contribution is 2.18. The van der Waals surface area contributed by atoms with E-state index >= 15 is 0 Å². The van der Waals surface area contributed by atoms with Gasteiger partial charge < -0.3 is 5.73 Å². The number of benzene rings is 1. The van der Waals surface area contributed by atoms with Gasteiger partial charge in [-0.1, -0.05) is 17.7 Å². The molecule has 88 valence electrons. The number of anilines is 1. The Labute approximate surface area is 104 Å². The number of halogens is 2. The highest BCUT2D eigenvalue weighted by Gasteiger charge is 2.03. The van der Waals surface area contributed by atoms with Crippen molar-refractivity contribution in [3.63, 3.8) is 0 Å². The van der Waals surface area contributed by atoms with Crippen molar-refractivity contribution >= 4 is 17.3 Å². The molecule has 0 saturated heterocycles. The fourth-order valence-corrected chi connectivity index (χ4v) is 1.82. The minimum absolute atomic E-state index is 0.154. The van der Waals surface area contributed by atoms with Gasteiger partial charge in [0, 0.05) is 18.1 Å². The maximum absolute atomic E-state index is 13.0. The van der Waals surface area contributed by atoms with E-state index in [9.17, 15) is 4.39 Å². The lowest BCUT2D eigenvalue weighted by Crippen LogP contribution is -1.98. The molecule has 1 aromatic heterocycles. The maximum Gasteiger partial charge on any atom is 0.141 e. The van der Waals surface area contributed by atoms with Gasteiger partial charge >= 0.3 is 0 Å². The second-order valence-electron chi connectivity index (χ2n) is 3.82. The van der Waals surface area contributed by atoms with Crippen molar-refractivity contribution in [1.29, 1.82) is 0 Å². The van der Waals surface area contributed by atoms with Crippen molar-refractivity contribution in [3.05, 3.63) is 58.6 Å². The number of pyridine rings is 1. The highest BCUT2D eigenvalue weighted by molar-refractivity contribution is 6.30. The van der Waals surface area contributed by atoms with Crippen molar-refractivity contribution in [2.75, 3.05) is 5.73 Å². The first-order valence-electron chi connectivity index (χ1n) is 5.29. The van der Waals surface area contributed by atoms with Gasteiger partial charge in [-0.2, -0.15) is 0 Å². The lowest BCUT2D eigenvalue weighted by molar-refractivity contribution is 0.627. The van der Waals surface area contributed by atoms with Gasteiger partial charge in [0.15, 0.2) is 0 Å². The second-order valence-corrected chi connectivity index (χ2v) is 4.23. The average Bonchev–Trinajstić information content (AvgIpc) is 2.32. The van der Waals surface area contributed by atoms with Gasteiger partial charge in [-0.05, 0) is 42.2 Å². The zero-order chi connectivity index (χ0) is 12.3. The van der Waals surface area contributed by atoms with Gasteiger partial charge in [0.1, 0.15) is 5.82 Å². The highest BCUT2D eigenvalue weighted by atomic mass is 35.5. The topological polar surface area (TPSA) is 38.9 Å². The van der Waals surface area contributed by atoms with Crippen molar-refractivity contribution < 1.29 is 4.39 Å². The second kappa shape index (κ2) is 5.15. The zero-order valence-electron chi connectivity index (χ0n) is 9.16. The van der Waals surface area contributed by atoms with Gasteiger partial charge in [0.2, 0.25) is 0 Å². The SMILES string of the molecule is Nc1ccncc1CCc1ccc(F)c(Cl)c1. The largest absolute Gasteiger partial charge is 0.398 e. The Kier molecular flexibility index (Phi) is 3.59. The fraction of sp³-hybridized carbons (Fsp3) is 0.154. The fourth-order valence-electron chi connectivity index (χ4n) is 1.62. The number of nitrogens with zero attached hydrogens (tertiary/aromatic N) is 1. The van der Waals surface area contributed by atoms with Crippen LogP contribution in [0.4, 0.5) is 10.1 Å². The van der Waals surface area contributed by atoms with E-state index in [1.807, 2.05) is 0 Å². The summed E-state index contributed by atoms with van der Waals surface area (Å²) in [5, 5.41) is 0.154. The molecule has 0 bridgehead atoms. The monoisotopic (exact) mass is 250 g/mol. The Bertz CT molecular complexity index is 529. The Morgan fingerprint density at radius 2 is 2.06 bits per heavy atom. The minimum atomic E-state index is -0.392. The summed E-state index contributed by atoms with van der Waals surface area (Å²) in [4.78, 5) is 4.02. The molecule has 0 spiro atoms. The van der Waals surface area contributed by atoms with Gasteiger partial charge in [-0.15, -0.1) is 0 Å². The van der Waals surface area contributed by atoms with Crippen molar-refractivity contribution in [2.24, 2.45) is 0 Å². The van der Waals surface area contributed by atoms with E-state index in [1.54, 1.807) is 30.6 Å². The van der Waals surface area contributed by atoms with Crippen LogP contribution in [0.1, 0.15) is 11.1 Å². The summed E-state index contributed by atoms with van der Waals surface area (Å²) in [5.41, 5.74) is 8.52. The van der Waals surface area contributed by atoms with Crippen LogP contribution in [0.25, 0.3) is 0 Å². The molecule has 0 aliphatic rings. The van der Waals surface area contributed by atoms with Crippen LogP contribution < -0.4 is 5.73 Å². The first kappa shape index (κ1) is 11.9. The number of hydrogen-bond donors (Lipinski definition) is 1. The number of aromatic nitrogens is 1. The summed E-state index contributed by atoms with van der Waals surface area (Å²) in [6.45, 7) is 0. The molecular formula is C13H12ClFN2. The number of aryl methyl sites for hydroxylation is 2. The van der Waals surface area contributed by atoms with E-state index in [2.05, 4.69) is 4.98 Å². The van der Waals surface area contributed by atoms with Crippen LogP contribution in [-0.2, 0) is 12.8 Å². The molecular weight excluding hydrogens is 239 g/mol. The summed E-state index contributed by atoms with van der Waals surface area (Å²) in [6, 6.07) is 6.52. The summed E-state index contributed by atoms with van der Waals surface area (Å²) in [5.74, 6) is -0.392. The third kappa shape index (κ3) is 2.94. The molecule has 1 aromatic carbocycles. The molecule has 0 fully saturated rings. The van der Waals surface area contributed by atoms with Crippen molar-refractivity contribution in [1.82, 2.24) is 4.98 Å². The van der Waals surface area contributed by atoms with E-state index in [0.29, 0.717) is 0 Å². The van der Waals surface area contributed by atoms with Gasteiger partial charge in [0.25, 0.3) is 0 Å². The molecule has 0 saturated carbocycles. The summed E-state index contributed by atoms with van der Waals surface area (Å²) >= 11 is 5.71. The summed E-state index contributed by atoms with van der Waals surface area (Å²) in [6.07, 6.45) is 4.94. The quantitative estimate of drug-likeness (QED) is 0.908. The van der Waals surface area contributed by atoms with E-state index < -0.39 is 5.82 Å². The summed E-state index contributed by atoms with van der Waals surface area (Å²) in [7, 11) is 0. The Morgan fingerprint density at radius 1 is 1.24 bits per heavy atom. The van der Waals surface area contributed by atoms with Crippen LogP contribution in [0.2, 0.25) is 5.02 Å². The molecule has 0 aliphatic heterocycles. The van der Waals surface area contributed by atoms with Gasteiger partial charge in [-0.25, -0.2) is 4.39 Å². The smallest absolute Gasteiger partial charge is 0.141 e. The number of nitrogen functional groups attached to an aromatic ring is 1. The maximum atomic E-state index is 13.0. The molecule has 0 amide bonds. The molecule has 0 radical (unpaired) electrons. The van der Waals surface area contributed by atoms with Crippen LogP contribution in [-0.4, -0.2) is 4.98 Å². The van der Waals surface area contributed by atoms with Gasteiger partial charge in [-0.3, -0.25) is 4.98 Å². The van der Waals surface area contributed by atoms with Crippen molar-refractivity contribution in [3.8, 4) is 0 Å². The standard InChI is InChI=1S/C13H12ClFN2/c14-11-7-9(2-4-12(11)15)1-3-10-8-17-6-5-13(10)16/h2,4-8H,1,3H2,(H2,16,17).